The lowest BCUT2D eigenvalue weighted by Crippen LogP contribution is -2.53. The summed E-state index contributed by atoms with van der Waals surface area (Å²) in [6, 6.07) is 2.53. The number of hydrogen-bond acceptors (Lipinski definition) is 7. The molecule has 4 aliphatic rings. The number of nitrogens with zero attached hydrogens (tertiary/aromatic N) is 4. The van der Waals surface area contributed by atoms with Gasteiger partial charge in [0.15, 0.2) is 0 Å². The van der Waals surface area contributed by atoms with E-state index in [-0.39, 0.29) is 47.3 Å². The minimum atomic E-state index is -4.72. The summed E-state index contributed by atoms with van der Waals surface area (Å²) in [7, 11) is 0. The van der Waals surface area contributed by atoms with Crippen molar-refractivity contribution in [3.63, 3.8) is 0 Å². The lowest BCUT2D eigenvalue weighted by Gasteiger charge is -2.41. The number of nitrogens with two attached hydrogens (primary N) is 1. The van der Waals surface area contributed by atoms with Gasteiger partial charge in [0.05, 0.1) is 27.9 Å². The molecule has 0 bridgehead atoms. The van der Waals surface area contributed by atoms with E-state index in [2.05, 4.69) is 20.9 Å². The zero-order valence-electron chi connectivity index (χ0n) is 26.9. The lowest BCUT2D eigenvalue weighted by molar-refractivity contribution is -0.143. The van der Waals surface area contributed by atoms with Crippen molar-refractivity contribution in [1.82, 2.24) is 24.9 Å². The molecule has 4 amide bonds. The Bertz CT molecular complexity index is 1490. The molecule has 0 radical (unpaired) electrons. The fourth-order valence-electron chi connectivity index (χ4n) is 7.59. The van der Waals surface area contributed by atoms with Crippen LogP contribution in [-0.2, 0) is 28.6 Å². The lowest BCUT2D eigenvalue weighted by atomic mass is 9.91. The van der Waals surface area contributed by atoms with Gasteiger partial charge in [-0.1, -0.05) is 11.6 Å². The highest BCUT2D eigenvalue weighted by atomic mass is 35.5. The summed E-state index contributed by atoms with van der Waals surface area (Å²) in [5.41, 5.74) is 6.26. The number of anilines is 2. The van der Waals surface area contributed by atoms with Gasteiger partial charge in [-0.15, -0.1) is 11.3 Å². The van der Waals surface area contributed by atoms with Crippen LogP contribution in [0, 0.1) is 5.92 Å². The molecule has 1 aromatic heterocycles. The van der Waals surface area contributed by atoms with Crippen molar-refractivity contribution in [2.24, 2.45) is 5.92 Å². The van der Waals surface area contributed by atoms with Crippen LogP contribution in [0.1, 0.15) is 48.8 Å². The van der Waals surface area contributed by atoms with E-state index in [1.165, 1.54) is 6.07 Å². The van der Waals surface area contributed by atoms with Crippen LogP contribution in [0.2, 0.25) is 5.02 Å². The number of carbonyl (C=O) groups is 3. The number of halogens is 4. The molecule has 262 valence electrons. The molecule has 15 heteroatoms. The largest absolute Gasteiger partial charge is 0.418 e. The first-order valence-corrected chi connectivity index (χ1v) is 18.1. The second-order valence-electron chi connectivity index (χ2n) is 13.3. The summed E-state index contributed by atoms with van der Waals surface area (Å²) in [5, 5.41) is 10.1. The van der Waals surface area contributed by atoms with Gasteiger partial charge in [0.25, 0.3) is 0 Å². The number of nitrogen functional groups attached to an aromatic ring is 1. The van der Waals surface area contributed by atoms with Gasteiger partial charge in [-0.3, -0.25) is 14.5 Å². The Morgan fingerprint density at radius 2 is 1.62 bits per heavy atom. The Balaban J connectivity index is 1.12. The molecule has 3 saturated heterocycles. The fourth-order valence-corrected chi connectivity index (χ4v) is 8.65. The third kappa shape index (κ3) is 7.87. The molecule has 0 aliphatic carbocycles. The molecule has 3 fully saturated rings. The topological polar surface area (TPSA) is 114 Å². The summed E-state index contributed by atoms with van der Waals surface area (Å²) in [6.45, 7) is 6.31. The van der Waals surface area contributed by atoms with Crippen LogP contribution < -0.4 is 16.4 Å². The number of fused-ring (bicyclic) bond motifs is 1. The van der Waals surface area contributed by atoms with Crippen molar-refractivity contribution in [2.45, 2.75) is 63.2 Å². The third-order valence-electron chi connectivity index (χ3n) is 10.3. The van der Waals surface area contributed by atoms with Crippen molar-refractivity contribution in [3.05, 3.63) is 44.6 Å². The second kappa shape index (κ2) is 14.8. The van der Waals surface area contributed by atoms with Crippen LogP contribution in [0.15, 0.2) is 22.9 Å². The molecule has 2 aromatic rings. The van der Waals surface area contributed by atoms with Crippen LogP contribution in [0.3, 0.4) is 0 Å². The normalized spacial score (nSPS) is 21.1. The second-order valence-corrected chi connectivity index (χ2v) is 14.4. The first kappa shape index (κ1) is 34.8. The van der Waals surface area contributed by atoms with E-state index >= 15 is 0 Å². The van der Waals surface area contributed by atoms with E-state index in [1.807, 2.05) is 10.3 Å². The number of likely N-dealkylation sites (tertiary alicyclic amines) is 2. The van der Waals surface area contributed by atoms with Gasteiger partial charge in [-0.2, -0.15) is 13.2 Å². The van der Waals surface area contributed by atoms with Crippen molar-refractivity contribution >= 4 is 52.2 Å². The zero-order valence-corrected chi connectivity index (χ0v) is 28.4. The monoisotopic (exact) mass is 709 g/mol. The van der Waals surface area contributed by atoms with Crippen LogP contribution in [0.25, 0.3) is 0 Å². The molecular formula is C33H43ClF3N7O3S. The van der Waals surface area contributed by atoms with Gasteiger partial charge in [-0.05, 0) is 67.2 Å². The molecule has 0 unspecified atom stereocenters. The summed E-state index contributed by atoms with van der Waals surface area (Å²) in [5.74, 6) is -1.31. The van der Waals surface area contributed by atoms with Crippen molar-refractivity contribution in [3.8, 4) is 0 Å². The molecule has 48 heavy (non-hydrogen) atoms. The minimum Gasteiger partial charge on any atom is -0.397 e. The number of thiophene rings is 1. The average Bonchev–Trinajstić information content (AvgIpc) is 3.45. The number of piperidine rings is 2. The number of carbonyl (C=O) groups excluding carboxylic acids is 3. The molecular weight excluding hydrogens is 667 g/mol. The molecule has 1 atom stereocenters. The molecule has 0 saturated carbocycles. The number of amides is 4. The fraction of sp³-hybridized carbons (Fsp3) is 0.606. The van der Waals surface area contributed by atoms with Gasteiger partial charge in [-0.25, -0.2) is 4.79 Å². The summed E-state index contributed by atoms with van der Waals surface area (Å²) < 4.78 is 41.4. The van der Waals surface area contributed by atoms with Crippen molar-refractivity contribution in [1.29, 1.82) is 0 Å². The Labute approximate surface area is 287 Å². The van der Waals surface area contributed by atoms with Gasteiger partial charge in [0.2, 0.25) is 11.8 Å². The highest BCUT2D eigenvalue weighted by Crippen LogP contribution is 2.38. The van der Waals surface area contributed by atoms with E-state index < -0.39 is 23.3 Å². The van der Waals surface area contributed by atoms with Crippen molar-refractivity contribution < 1.29 is 27.6 Å². The Morgan fingerprint density at radius 1 is 0.958 bits per heavy atom. The van der Waals surface area contributed by atoms with Crippen LogP contribution in [-0.4, -0.2) is 108 Å². The van der Waals surface area contributed by atoms with Gasteiger partial charge in [0.1, 0.15) is 0 Å². The van der Waals surface area contributed by atoms with Crippen LogP contribution in [0.5, 0.6) is 0 Å². The number of piperazine rings is 1. The Hall–Kier alpha value is -3.07. The first-order chi connectivity index (χ1) is 23.0. The molecule has 4 N–H and O–H groups in total. The first-order valence-electron chi connectivity index (χ1n) is 16.8. The van der Waals surface area contributed by atoms with Crippen LogP contribution in [0.4, 0.5) is 29.3 Å². The summed E-state index contributed by atoms with van der Waals surface area (Å²) in [6.07, 6.45) is -1.33. The Morgan fingerprint density at radius 3 is 2.31 bits per heavy atom. The molecule has 0 spiro atoms. The number of nitrogens with one attached hydrogen (secondary N) is 2. The maximum Gasteiger partial charge on any atom is 0.418 e. The summed E-state index contributed by atoms with van der Waals surface area (Å²) in [4.78, 5) is 48.5. The molecule has 1 aromatic carbocycles. The van der Waals surface area contributed by atoms with Crippen LogP contribution >= 0.6 is 22.9 Å². The van der Waals surface area contributed by atoms with E-state index in [0.717, 1.165) is 62.8 Å². The summed E-state index contributed by atoms with van der Waals surface area (Å²) >= 11 is 7.70. The van der Waals surface area contributed by atoms with Gasteiger partial charge in [0, 0.05) is 82.8 Å². The number of urea groups is 1. The Kier molecular flexibility index (Phi) is 10.7. The minimum absolute atomic E-state index is 0.0196. The van der Waals surface area contributed by atoms with E-state index in [0.29, 0.717) is 51.6 Å². The number of rotatable bonds is 7. The highest BCUT2D eigenvalue weighted by molar-refractivity contribution is 7.08. The van der Waals surface area contributed by atoms with E-state index in [9.17, 15) is 27.6 Å². The van der Waals surface area contributed by atoms with Gasteiger partial charge >= 0.3 is 12.2 Å². The quantitative estimate of drug-likeness (QED) is 0.365. The van der Waals surface area contributed by atoms with Gasteiger partial charge < -0.3 is 31.1 Å². The molecule has 10 nitrogen and oxygen atoms in total. The van der Waals surface area contributed by atoms with E-state index in [4.69, 9.17) is 17.3 Å². The molecule has 6 rings (SSSR count). The molecule has 5 heterocycles. The average molecular weight is 710 g/mol. The highest BCUT2D eigenvalue weighted by Gasteiger charge is 2.37. The maximum absolute atomic E-state index is 14.0. The standard InChI is InChI=1S/C33H43ClF3N7O3S/c34-27-17-21(16-26(30(27)38)33(35,36)37)15-23(31(46)43-10-2-24(3-11-43)41-13-6-39-7-14-41)18-29(45)42-8-4-25(5-9-42)44-12-1-22-19-48-20-28(22)40-32(44)47/h16-17,19-20,23-25,39H,1-15,18,38H2,(H,40,47)/t23-/m0/s1. The number of benzene rings is 1. The van der Waals surface area contributed by atoms with Crippen molar-refractivity contribution in [2.75, 3.05) is 70.0 Å². The smallest absolute Gasteiger partial charge is 0.397 e. The predicted molar refractivity (Wildman–Crippen MR) is 180 cm³/mol. The number of alkyl halides is 3. The molecule has 4 aliphatic heterocycles. The van der Waals surface area contributed by atoms with E-state index in [1.54, 1.807) is 21.1 Å². The number of hydrogen-bond donors (Lipinski definition) is 3. The third-order valence-corrected chi connectivity index (χ3v) is 11.4. The predicted octanol–water partition coefficient (Wildman–Crippen LogP) is 4.53. The SMILES string of the molecule is Nc1c(Cl)cc(C[C@@H](CC(=O)N2CCC(N3CCc4cscc4NC3=O)CC2)C(=O)N2CCC(N3CCNCC3)CC2)cc1C(F)(F)F. The maximum atomic E-state index is 14.0. The zero-order chi connectivity index (χ0) is 34.0.